The third kappa shape index (κ3) is 1.05. The molecule has 1 heterocycles. The summed E-state index contributed by atoms with van der Waals surface area (Å²) in [5.41, 5.74) is 2.94. The highest BCUT2D eigenvalue weighted by atomic mass is 15.1. The molecule has 0 saturated carbocycles. The van der Waals surface area contributed by atoms with Gasteiger partial charge in [0, 0.05) is 0 Å². The predicted octanol–water partition coefficient (Wildman–Crippen LogP) is 1.33. The van der Waals surface area contributed by atoms with Crippen molar-refractivity contribution < 1.29 is 0 Å². The molecule has 0 bridgehead atoms. The van der Waals surface area contributed by atoms with E-state index in [1.54, 1.807) is 0 Å². The Hall–Kier alpha value is -1.51. The molecule has 3 heteroatoms. The zero-order chi connectivity index (χ0) is 7.68. The second-order valence-electron chi connectivity index (χ2n) is 2.45. The summed E-state index contributed by atoms with van der Waals surface area (Å²) in [7, 11) is 0. The molecule has 0 amide bonds. The predicted molar refractivity (Wildman–Crippen MR) is 42.1 cm³/mol. The highest BCUT2D eigenvalue weighted by molar-refractivity contribution is 5.73. The fourth-order valence-corrected chi connectivity index (χ4v) is 0.997. The lowest BCUT2D eigenvalue weighted by molar-refractivity contribution is 1.02. The Bertz CT molecular complexity index is 384. The minimum atomic E-state index is 0.845. The molecule has 3 nitrogen and oxygen atoms in total. The van der Waals surface area contributed by atoms with Crippen molar-refractivity contribution in [3.63, 3.8) is 0 Å². The molecule has 11 heavy (non-hydrogen) atoms. The summed E-state index contributed by atoms with van der Waals surface area (Å²) in [6.07, 6.45) is 1.46. The standard InChI is InChI=1S/C8H7N3/c1-6-2-3-7-8(4-6)9-5-10-11-7/h2-5H,1H3. The summed E-state index contributed by atoms with van der Waals surface area (Å²) in [4.78, 5) is 4.07. The third-order valence-corrected chi connectivity index (χ3v) is 1.54. The molecule has 0 spiro atoms. The zero-order valence-corrected chi connectivity index (χ0v) is 6.15. The second kappa shape index (κ2) is 2.27. The van der Waals surface area contributed by atoms with Gasteiger partial charge >= 0.3 is 0 Å². The second-order valence-corrected chi connectivity index (χ2v) is 2.45. The fraction of sp³-hybridized carbons (Fsp3) is 0.125. The van der Waals surface area contributed by atoms with Crippen molar-refractivity contribution >= 4 is 11.0 Å². The number of aryl methyl sites for hydroxylation is 1. The van der Waals surface area contributed by atoms with E-state index in [0.717, 1.165) is 11.0 Å². The normalized spacial score (nSPS) is 10.3. The van der Waals surface area contributed by atoms with E-state index in [1.165, 1.54) is 11.9 Å². The van der Waals surface area contributed by atoms with Crippen molar-refractivity contribution in [2.75, 3.05) is 0 Å². The average Bonchev–Trinajstić information content (AvgIpc) is 2.04. The summed E-state index contributed by atoms with van der Waals surface area (Å²) in [5, 5.41) is 7.59. The van der Waals surface area contributed by atoms with Crippen LogP contribution in [-0.2, 0) is 0 Å². The topological polar surface area (TPSA) is 38.7 Å². The minimum Gasteiger partial charge on any atom is -0.233 e. The van der Waals surface area contributed by atoms with Gasteiger partial charge in [-0.2, -0.15) is 0 Å². The van der Waals surface area contributed by atoms with Crippen LogP contribution in [0.5, 0.6) is 0 Å². The van der Waals surface area contributed by atoms with Crippen LogP contribution in [0.3, 0.4) is 0 Å². The first-order valence-electron chi connectivity index (χ1n) is 3.40. The molecule has 2 aromatic rings. The van der Waals surface area contributed by atoms with Crippen molar-refractivity contribution in [1.82, 2.24) is 15.2 Å². The first kappa shape index (κ1) is 6.22. The van der Waals surface area contributed by atoms with Gasteiger partial charge in [-0.1, -0.05) is 6.07 Å². The van der Waals surface area contributed by atoms with Gasteiger partial charge < -0.3 is 0 Å². The maximum atomic E-state index is 4.07. The van der Waals surface area contributed by atoms with Gasteiger partial charge in [-0.3, -0.25) is 0 Å². The maximum Gasteiger partial charge on any atom is 0.138 e. The highest BCUT2D eigenvalue weighted by Crippen LogP contribution is 2.08. The van der Waals surface area contributed by atoms with Crippen LogP contribution in [-0.4, -0.2) is 15.2 Å². The van der Waals surface area contributed by atoms with E-state index >= 15 is 0 Å². The van der Waals surface area contributed by atoms with Crippen molar-refractivity contribution in [3.05, 3.63) is 30.1 Å². The molecule has 0 atom stereocenters. The van der Waals surface area contributed by atoms with Crippen LogP contribution in [0.15, 0.2) is 24.5 Å². The van der Waals surface area contributed by atoms with Gasteiger partial charge in [0.25, 0.3) is 0 Å². The van der Waals surface area contributed by atoms with Crippen molar-refractivity contribution in [2.45, 2.75) is 6.92 Å². The summed E-state index contributed by atoms with van der Waals surface area (Å²) in [5.74, 6) is 0. The van der Waals surface area contributed by atoms with E-state index in [9.17, 15) is 0 Å². The molecule has 1 aromatic carbocycles. The van der Waals surface area contributed by atoms with E-state index in [1.807, 2.05) is 25.1 Å². The van der Waals surface area contributed by atoms with Gasteiger partial charge in [-0.05, 0) is 24.6 Å². The van der Waals surface area contributed by atoms with Crippen molar-refractivity contribution in [1.29, 1.82) is 0 Å². The van der Waals surface area contributed by atoms with E-state index in [4.69, 9.17) is 0 Å². The van der Waals surface area contributed by atoms with Crippen molar-refractivity contribution in [3.8, 4) is 0 Å². The van der Waals surface area contributed by atoms with E-state index in [0.29, 0.717) is 0 Å². The molecule has 0 aliphatic carbocycles. The Morgan fingerprint density at radius 1 is 1.18 bits per heavy atom. The van der Waals surface area contributed by atoms with Crippen LogP contribution < -0.4 is 0 Å². The van der Waals surface area contributed by atoms with Crippen LogP contribution in [0.4, 0.5) is 0 Å². The summed E-state index contributed by atoms with van der Waals surface area (Å²) < 4.78 is 0. The Labute approximate surface area is 64.1 Å². The van der Waals surface area contributed by atoms with Gasteiger partial charge in [0.15, 0.2) is 0 Å². The van der Waals surface area contributed by atoms with E-state index < -0.39 is 0 Å². The molecule has 0 aliphatic heterocycles. The molecule has 0 aliphatic rings. The first-order valence-corrected chi connectivity index (χ1v) is 3.40. The molecular weight excluding hydrogens is 138 g/mol. The van der Waals surface area contributed by atoms with Crippen molar-refractivity contribution in [2.24, 2.45) is 0 Å². The van der Waals surface area contributed by atoms with E-state index in [-0.39, 0.29) is 0 Å². The van der Waals surface area contributed by atoms with Crippen LogP contribution in [0, 0.1) is 6.92 Å². The number of hydrogen-bond donors (Lipinski definition) is 0. The smallest absolute Gasteiger partial charge is 0.138 e. The number of benzene rings is 1. The summed E-state index contributed by atoms with van der Waals surface area (Å²) in [6.45, 7) is 2.03. The molecule has 0 saturated heterocycles. The zero-order valence-electron chi connectivity index (χ0n) is 6.15. The van der Waals surface area contributed by atoms with Crippen LogP contribution in [0.25, 0.3) is 11.0 Å². The Kier molecular flexibility index (Phi) is 1.28. The molecule has 0 N–H and O–H groups in total. The molecule has 54 valence electrons. The number of hydrogen-bond acceptors (Lipinski definition) is 3. The molecule has 1 aromatic heterocycles. The van der Waals surface area contributed by atoms with Crippen LogP contribution in [0.2, 0.25) is 0 Å². The number of fused-ring (bicyclic) bond motifs is 1. The highest BCUT2D eigenvalue weighted by Gasteiger charge is 1.93. The Morgan fingerprint density at radius 2 is 2.09 bits per heavy atom. The lowest BCUT2D eigenvalue weighted by atomic mass is 10.2. The summed E-state index contributed by atoms with van der Waals surface area (Å²) >= 11 is 0. The van der Waals surface area contributed by atoms with Gasteiger partial charge in [0.05, 0.1) is 5.52 Å². The SMILES string of the molecule is Cc1ccc2nncnc2c1. The summed E-state index contributed by atoms with van der Waals surface area (Å²) in [6, 6.07) is 5.91. The molecule has 0 radical (unpaired) electrons. The Morgan fingerprint density at radius 3 is 3.00 bits per heavy atom. The maximum absolute atomic E-state index is 4.07. The van der Waals surface area contributed by atoms with E-state index in [2.05, 4.69) is 15.2 Å². The molecular formula is C8H7N3. The van der Waals surface area contributed by atoms with Gasteiger partial charge in [-0.25, -0.2) is 4.98 Å². The van der Waals surface area contributed by atoms with Crippen LogP contribution >= 0.6 is 0 Å². The number of rotatable bonds is 0. The average molecular weight is 145 g/mol. The van der Waals surface area contributed by atoms with Gasteiger partial charge in [-0.15, -0.1) is 10.2 Å². The third-order valence-electron chi connectivity index (χ3n) is 1.54. The monoisotopic (exact) mass is 145 g/mol. The largest absolute Gasteiger partial charge is 0.233 e. The fourth-order valence-electron chi connectivity index (χ4n) is 0.997. The molecule has 2 rings (SSSR count). The molecule has 0 unspecified atom stereocenters. The van der Waals surface area contributed by atoms with Crippen LogP contribution in [0.1, 0.15) is 5.56 Å². The molecule has 0 fully saturated rings. The quantitative estimate of drug-likeness (QED) is 0.561. The first-order chi connectivity index (χ1) is 5.36. The lowest BCUT2D eigenvalue weighted by Crippen LogP contribution is -1.86. The minimum absolute atomic E-state index is 0.845. The van der Waals surface area contributed by atoms with Gasteiger partial charge in [0.2, 0.25) is 0 Å². The lowest BCUT2D eigenvalue weighted by Gasteiger charge is -1.94. The number of aromatic nitrogens is 3. The van der Waals surface area contributed by atoms with Gasteiger partial charge in [0.1, 0.15) is 11.8 Å². The number of nitrogens with zero attached hydrogens (tertiary/aromatic N) is 3. The Balaban J connectivity index is 2.83.